The van der Waals surface area contributed by atoms with E-state index in [1.54, 1.807) is 0 Å². The van der Waals surface area contributed by atoms with E-state index in [1.807, 2.05) is 0 Å². The van der Waals surface area contributed by atoms with Crippen LogP contribution < -0.4 is 0 Å². The van der Waals surface area contributed by atoms with Crippen molar-refractivity contribution in [1.82, 2.24) is 0 Å². The minimum absolute atomic E-state index is 0.0752. The highest BCUT2D eigenvalue weighted by atomic mass is 32.2. The van der Waals surface area contributed by atoms with E-state index in [9.17, 15) is 21.6 Å². The van der Waals surface area contributed by atoms with Crippen molar-refractivity contribution in [2.75, 3.05) is 6.61 Å². The van der Waals surface area contributed by atoms with Crippen LogP contribution >= 0.6 is 0 Å². The number of unbranched alkanes of at least 4 members (excludes halogenated alkanes) is 1. The van der Waals surface area contributed by atoms with Crippen molar-refractivity contribution in [3.63, 3.8) is 0 Å². The van der Waals surface area contributed by atoms with Crippen molar-refractivity contribution in [2.24, 2.45) is 0 Å². The molecule has 0 saturated heterocycles. The van der Waals surface area contributed by atoms with Crippen molar-refractivity contribution in [1.29, 1.82) is 0 Å². The molecule has 0 unspecified atom stereocenters. The van der Waals surface area contributed by atoms with Crippen molar-refractivity contribution in [3.8, 4) is 12.3 Å². The van der Waals surface area contributed by atoms with Gasteiger partial charge < -0.3 is 0 Å². The molecule has 0 spiro atoms. The van der Waals surface area contributed by atoms with Gasteiger partial charge in [-0.15, -0.1) is 12.3 Å². The Kier molecular flexibility index (Phi) is 4.23. The fraction of sp³-hybridized carbons (Fsp3) is 0.667. The van der Waals surface area contributed by atoms with Crippen LogP contribution in [0.25, 0.3) is 0 Å². The molecule has 76 valence electrons. The van der Waals surface area contributed by atoms with Gasteiger partial charge in [0.15, 0.2) is 0 Å². The maximum atomic E-state index is 11.6. The van der Waals surface area contributed by atoms with Gasteiger partial charge in [0, 0.05) is 6.42 Å². The highest BCUT2D eigenvalue weighted by Crippen LogP contribution is 2.24. The average Bonchev–Trinajstić information content (AvgIpc) is 1.96. The van der Waals surface area contributed by atoms with Crippen LogP contribution in [0.4, 0.5) is 13.2 Å². The second-order valence-electron chi connectivity index (χ2n) is 2.03. The highest BCUT2D eigenvalue weighted by Gasteiger charge is 2.47. The molecule has 0 amide bonds. The summed E-state index contributed by atoms with van der Waals surface area (Å²) >= 11 is 0. The van der Waals surface area contributed by atoms with Crippen LogP contribution in [0.15, 0.2) is 0 Å². The molecule has 0 atom stereocenters. The van der Waals surface area contributed by atoms with Crippen LogP contribution in [-0.4, -0.2) is 20.5 Å². The molecule has 7 heteroatoms. The molecule has 0 rings (SSSR count). The van der Waals surface area contributed by atoms with E-state index >= 15 is 0 Å². The lowest BCUT2D eigenvalue weighted by molar-refractivity contribution is -0.0542. The maximum Gasteiger partial charge on any atom is 0.523 e. The molecule has 0 aromatic carbocycles. The van der Waals surface area contributed by atoms with Crippen LogP contribution in [0, 0.1) is 12.3 Å². The lowest BCUT2D eigenvalue weighted by Gasteiger charge is -2.06. The first-order valence-electron chi connectivity index (χ1n) is 3.20. The van der Waals surface area contributed by atoms with Crippen molar-refractivity contribution in [2.45, 2.75) is 18.3 Å². The van der Waals surface area contributed by atoms with Gasteiger partial charge >= 0.3 is 15.6 Å². The van der Waals surface area contributed by atoms with Gasteiger partial charge in [0.2, 0.25) is 0 Å². The molecule has 0 aromatic rings. The van der Waals surface area contributed by atoms with Gasteiger partial charge in [-0.2, -0.15) is 21.6 Å². The molecule has 3 nitrogen and oxygen atoms in total. The van der Waals surface area contributed by atoms with Crippen LogP contribution in [0.1, 0.15) is 12.8 Å². The SMILES string of the molecule is C#CCCCOS(=O)(=O)C(F)(F)F. The minimum Gasteiger partial charge on any atom is -0.263 e. The molecule has 0 aromatic heterocycles. The van der Waals surface area contributed by atoms with Gasteiger partial charge in [-0.3, -0.25) is 4.18 Å². The summed E-state index contributed by atoms with van der Waals surface area (Å²) in [6, 6.07) is 0. The third-order valence-corrected chi connectivity index (χ3v) is 2.03. The van der Waals surface area contributed by atoms with Crippen LogP contribution in [-0.2, 0) is 14.3 Å². The van der Waals surface area contributed by atoms with Gasteiger partial charge in [0.05, 0.1) is 6.61 Å². The first-order chi connectivity index (χ1) is 5.81. The second-order valence-corrected chi connectivity index (χ2v) is 3.64. The zero-order valence-electron chi connectivity index (χ0n) is 6.47. The quantitative estimate of drug-likeness (QED) is 0.307. The molecule has 0 radical (unpaired) electrons. The summed E-state index contributed by atoms with van der Waals surface area (Å²) in [6.07, 6.45) is 5.04. The van der Waals surface area contributed by atoms with E-state index in [-0.39, 0.29) is 12.8 Å². The molecule has 0 aliphatic carbocycles. The first-order valence-corrected chi connectivity index (χ1v) is 4.61. The summed E-state index contributed by atoms with van der Waals surface area (Å²) in [6.45, 7) is -0.550. The Morgan fingerprint density at radius 3 is 2.31 bits per heavy atom. The number of hydrogen-bond donors (Lipinski definition) is 0. The standard InChI is InChI=1S/C6H7F3O3S/c1-2-3-4-5-12-13(10,11)6(7,8)9/h1H,3-5H2. The lowest BCUT2D eigenvalue weighted by Crippen LogP contribution is -2.25. The second kappa shape index (κ2) is 4.48. The predicted octanol–water partition coefficient (Wildman–Crippen LogP) is 1.27. The van der Waals surface area contributed by atoms with Crippen molar-refractivity contribution in [3.05, 3.63) is 0 Å². The Morgan fingerprint density at radius 1 is 1.38 bits per heavy atom. The molecule has 0 fully saturated rings. The third-order valence-electron chi connectivity index (χ3n) is 0.987. The fourth-order valence-corrected chi connectivity index (χ4v) is 0.881. The number of hydrogen-bond acceptors (Lipinski definition) is 3. The maximum absolute atomic E-state index is 11.6. The van der Waals surface area contributed by atoms with Gasteiger partial charge in [-0.1, -0.05) is 0 Å². The highest BCUT2D eigenvalue weighted by molar-refractivity contribution is 7.87. The van der Waals surface area contributed by atoms with Crippen LogP contribution in [0.3, 0.4) is 0 Å². The zero-order chi connectivity index (χ0) is 10.5. The molecule has 0 bridgehead atoms. The largest absolute Gasteiger partial charge is 0.523 e. The van der Waals surface area contributed by atoms with Crippen molar-refractivity contribution < 1.29 is 25.8 Å². The Bertz CT molecular complexity index is 285. The molecular weight excluding hydrogens is 209 g/mol. The summed E-state index contributed by atoms with van der Waals surface area (Å²) in [4.78, 5) is 0. The van der Waals surface area contributed by atoms with E-state index in [4.69, 9.17) is 6.42 Å². The number of terminal acetylenes is 1. The molecule has 0 N–H and O–H groups in total. The normalized spacial score (nSPS) is 12.5. The third kappa shape index (κ3) is 4.15. The summed E-state index contributed by atoms with van der Waals surface area (Å²) in [5, 5.41) is 0. The minimum atomic E-state index is -5.45. The van der Waals surface area contributed by atoms with Gasteiger partial charge in [-0.05, 0) is 6.42 Å². The van der Waals surface area contributed by atoms with E-state index in [1.165, 1.54) is 0 Å². The smallest absolute Gasteiger partial charge is 0.263 e. The summed E-state index contributed by atoms with van der Waals surface area (Å²) in [7, 11) is -5.45. The Hall–Kier alpha value is -0.740. The summed E-state index contributed by atoms with van der Waals surface area (Å²) in [5.41, 5.74) is -5.36. The van der Waals surface area contributed by atoms with E-state index < -0.39 is 22.2 Å². The number of rotatable bonds is 4. The first kappa shape index (κ1) is 12.3. The number of halogens is 3. The zero-order valence-corrected chi connectivity index (χ0v) is 7.28. The molecule has 13 heavy (non-hydrogen) atoms. The Balaban J connectivity index is 4.01. The Labute approximate surface area is 74.0 Å². The van der Waals surface area contributed by atoms with E-state index in [2.05, 4.69) is 10.1 Å². The predicted molar refractivity (Wildman–Crippen MR) is 39.0 cm³/mol. The summed E-state index contributed by atoms with van der Waals surface area (Å²) < 4.78 is 58.8. The average molecular weight is 216 g/mol. The van der Waals surface area contributed by atoms with Gasteiger partial charge in [0.1, 0.15) is 0 Å². The molecule has 0 saturated carbocycles. The topological polar surface area (TPSA) is 43.4 Å². The molecule has 0 aliphatic heterocycles. The van der Waals surface area contributed by atoms with E-state index in [0.29, 0.717) is 0 Å². The number of alkyl halides is 3. The lowest BCUT2D eigenvalue weighted by atomic mass is 10.3. The van der Waals surface area contributed by atoms with Crippen LogP contribution in [0.2, 0.25) is 0 Å². The fourth-order valence-electron chi connectivity index (χ4n) is 0.410. The van der Waals surface area contributed by atoms with Gasteiger partial charge in [-0.25, -0.2) is 0 Å². The molecule has 0 heterocycles. The Morgan fingerprint density at radius 2 is 1.92 bits per heavy atom. The molecular formula is C6H7F3O3S. The summed E-state index contributed by atoms with van der Waals surface area (Å²) in [5.74, 6) is 2.14. The van der Waals surface area contributed by atoms with Gasteiger partial charge in [0.25, 0.3) is 0 Å². The van der Waals surface area contributed by atoms with Crippen molar-refractivity contribution >= 4 is 10.1 Å². The molecule has 0 aliphatic rings. The monoisotopic (exact) mass is 216 g/mol. The van der Waals surface area contributed by atoms with Crippen LogP contribution in [0.5, 0.6) is 0 Å². The van der Waals surface area contributed by atoms with E-state index in [0.717, 1.165) is 0 Å².